The molecule has 1 aliphatic rings. The Morgan fingerprint density at radius 1 is 1.00 bits per heavy atom. The van der Waals surface area contributed by atoms with Gasteiger partial charge in [-0.2, -0.15) is 5.26 Å². The third-order valence-corrected chi connectivity index (χ3v) is 6.24. The smallest absolute Gasteiger partial charge is 0.343 e. The minimum atomic E-state index is -0.694. The molecule has 172 valence electrons. The molecule has 0 fully saturated rings. The van der Waals surface area contributed by atoms with Crippen LogP contribution in [-0.4, -0.2) is 13.1 Å². The number of ether oxygens (including phenoxy) is 3. The summed E-state index contributed by atoms with van der Waals surface area (Å²) < 4.78 is 16.2. The number of fused-ring (bicyclic) bond motifs is 1. The molecule has 3 aromatic carbocycles. The van der Waals surface area contributed by atoms with Crippen molar-refractivity contribution in [3.63, 3.8) is 0 Å². The molecule has 0 aliphatic carbocycles. The predicted molar refractivity (Wildman–Crippen MR) is 130 cm³/mol. The van der Waals surface area contributed by atoms with Gasteiger partial charge >= 0.3 is 5.97 Å². The number of allylic oxidation sites excluding steroid dienone is 1. The average Bonchev–Trinajstić information content (AvgIpc) is 2.78. The fourth-order valence-electron chi connectivity index (χ4n) is 3.59. The van der Waals surface area contributed by atoms with E-state index in [1.54, 1.807) is 30.3 Å². The van der Waals surface area contributed by atoms with Gasteiger partial charge in [0.05, 0.1) is 28.6 Å². The number of nitriles is 1. The van der Waals surface area contributed by atoms with Gasteiger partial charge in [0.2, 0.25) is 5.88 Å². The largest absolute Gasteiger partial charge is 0.494 e. The second-order valence-electron chi connectivity index (χ2n) is 7.15. The van der Waals surface area contributed by atoms with E-state index in [0.29, 0.717) is 26.9 Å². The van der Waals surface area contributed by atoms with E-state index in [4.69, 9.17) is 66.3 Å². The number of nitrogens with zero attached hydrogens (tertiary/aromatic N) is 1. The Morgan fingerprint density at radius 2 is 1.68 bits per heavy atom. The van der Waals surface area contributed by atoms with Crippen molar-refractivity contribution < 1.29 is 19.0 Å². The number of methoxy groups -OCH3 is 1. The van der Waals surface area contributed by atoms with E-state index in [2.05, 4.69) is 6.07 Å². The van der Waals surface area contributed by atoms with Gasteiger partial charge in [0.1, 0.15) is 23.1 Å². The molecule has 4 rings (SSSR count). The summed E-state index contributed by atoms with van der Waals surface area (Å²) in [4.78, 5) is 12.7. The summed E-state index contributed by atoms with van der Waals surface area (Å²) in [5, 5.41) is 10.9. The fourth-order valence-corrected chi connectivity index (χ4v) is 4.75. The van der Waals surface area contributed by atoms with Gasteiger partial charge in [-0.15, -0.1) is 0 Å². The van der Waals surface area contributed by atoms with E-state index < -0.39 is 11.9 Å². The van der Waals surface area contributed by atoms with Crippen LogP contribution in [0, 0.1) is 11.3 Å². The predicted octanol–water partition coefficient (Wildman–Crippen LogP) is 6.75. The monoisotopic (exact) mass is 534 g/mol. The Balaban J connectivity index is 1.69. The van der Waals surface area contributed by atoms with Crippen LogP contribution in [0.25, 0.3) is 0 Å². The summed E-state index contributed by atoms with van der Waals surface area (Å²) in [5.41, 5.74) is 7.60. The van der Waals surface area contributed by atoms with Crippen LogP contribution in [0.3, 0.4) is 0 Å². The number of carbonyl (C=O) groups excluding carboxylic acids is 1. The minimum absolute atomic E-state index is 0.0804. The third-order valence-electron chi connectivity index (χ3n) is 5.11. The molecule has 3 aromatic rings. The molecule has 1 unspecified atom stereocenters. The van der Waals surface area contributed by atoms with Gasteiger partial charge in [-0.1, -0.05) is 58.5 Å². The highest BCUT2D eigenvalue weighted by Gasteiger charge is 2.32. The van der Waals surface area contributed by atoms with Crippen molar-refractivity contribution in [2.75, 3.05) is 7.11 Å². The lowest BCUT2D eigenvalue weighted by atomic mass is 9.83. The van der Waals surface area contributed by atoms with E-state index in [0.717, 1.165) is 0 Å². The minimum Gasteiger partial charge on any atom is -0.494 e. The van der Waals surface area contributed by atoms with E-state index >= 15 is 0 Å². The number of esters is 1. The summed E-state index contributed by atoms with van der Waals surface area (Å²) in [6.45, 7) is 0. The van der Waals surface area contributed by atoms with Crippen LogP contribution >= 0.6 is 46.4 Å². The standard InChI is InChI=1S/C24H14Cl4N2O4/c1-32-22-18(27)6-11(7-19(22)28)24(31)33-13-3-5-15-20(9-13)34-23(30)16(10-29)21(15)14-4-2-12(25)8-17(14)26/h2-9,21H,30H2,1H3. The Hall–Kier alpha value is -3.08. The van der Waals surface area contributed by atoms with Crippen LogP contribution in [0.2, 0.25) is 20.1 Å². The van der Waals surface area contributed by atoms with Gasteiger partial charge in [0, 0.05) is 21.7 Å². The van der Waals surface area contributed by atoms with Crippen molar-refractivity contribution in [1.29, 1.82) is 5.26 Å². The molecule has 1 atom stereocenters. The molecule has 0 saturated heterocycles. The molecule has 2 N–H and O–H groups in total. The van der Waals surface area contributed by atoms with E-state index in [-0.39, 0.29) is 38.6 Å². The van der Waals surface area contributed by atoms with Crippen LogP contribution in [0.15, 0.2) is 60.0 Å². The van der Waals surface area contributed by atoms with Crippen molar-refractivity contribution in [3.05, 3.63) is 96.8 Å². The summed E-state index contributed by atoms with van der Waals surface area (Å²) in [6, 6.07) is 14.6. The Bertz CT molecular complexity index is 1380. The zero-order valence-corrected chi connectivity index (χ0v) is 20.4. The first-order valence-electron chi connectivity index (χ1n) is 9.65. The first kappa shape index (κ1) is 24.1. The molecule has 0 amide bonds. The summed E-state index contributed by atoms with van der Waals surface area (Å²) in [5.74, 6) is -0.625. The van der Waals surface area contributed by atoms with Crippen molar-refractivity contribution in [3.8, 4) is 23.3 Å². The highest BCUT2D eigenvalue weighted by atomic mass is 35.5. The van der Waals surface area contributed by atoms with Crippen LogP contribution in [0.5, 0.6) is 17.2 Å². The molecular formula is C24H14Cl4N2O4. The first-order chi connectivity index (χ1) is 16.2. The summed E-state index contributed by atoms with van der Waals surface area (Å²) >= 11 is 24.7. The number of benzene rings is 3. The van der Waals surface area contributed by atoms with Gasteiger partial charge < -0.3 is 19.9 Å². The van der Waals surface area contributed by atoms with Crippen molar-refractivity contribution in [2.45, 2.75) is 5.92 Å². The second-order valence-corrected chi connectivity index (χ2v) is 8.81. The van der Waals surface area contributed by atoms with Crippen LogP contribution < -0.4 is 19.9 Å². The highest BCUT2D eigenvalue weighted by molar-refractivity contribution is 6.37. The molecular weight excluding hydrogens is 522 g/mol. The lowest BCUT2D eigenvalue weighted by molar-refractivity contribution is 0.0734. The fraction of sp³-hybridized carbons (Fsp3) is 0.0833. The Labute approximate surface area is 214 Å². The SMILES string of the molecule is COc1c(Cl)cc(C(=O)Oc2ccc3c(c2)OC(N)=C(C#N)C3c2ccc(Cl)cc2Cl)cc1Cl. The van der Waals surface area contributed by atoms with Crippen molar-refractivity contribution in [1.82, 2.24) is 0 Å². The topological polar surface area (TPSA) is 94.6 Å². The van der Waals surface area contributed by atoms with Gasteiger partial charge in [-0.25, -0.2) is 4.79 Å². The number of carbonyl (C=O) groups is 1. The van der Waals surface area contributed by atoms with Gasteiger partial charge in [0.15, 0.2) is 5.75 Å². The zero-order valence-electron chi connectivity index (χ0n) is 17.4. The van der Waals surface area contributed by atoms with Gasteiger partial charge in [-0.3, -0.25) is 0 Å². The van der Waals surface area contributed by atoms with E-state index in [1.807, 2.05) is 0 Å². The molecule has 34 heavy (non-hydrogen) atoms. The second kappa shape index (κ2) is 9.65. The van der Waals surface area contributed by atoms with Crippen molar-refractivity contribution in [2.24, 2.45) is 5.73 Å². The molecule has 0 spiro atoms. The lowest BCUT2D eigenvalue weighted by Gasteiger charge is -2.27. The van der Waals surface area contributed by atoms with E-state index in [9.17, 15) is 10.1 Å². The van der Waals surface area contributed by atoms with Crippen LogP contribution in [0.1, 0.15) is 27.4 Å². The first-order valence-corrected chi connectivity index (χ1v) is 11.2. The van der Waals surface area contributed by atoms with Gasteiger partial charge in [-0.05, 0) is 35.9 Å². The van der Waals surface area contributed by atoms with Crippen LogP contribution in [-0.2, 0) is 0 Å². The third kappa shape index (κ3) is 4.48. The lowest BCUT2D eigenvalue weighted by Crippen LogP contribution is -2.21. The Morgan fingerprint density at radius 3 is 2.29 bits per heavy atom. The van der Waals surface area contributed by atoms with Crippen molar-refractivity contribution >= 4 is 52.4 Å². The number of hydrogen-bond acceptors (Lipinski definition) is 6. The number of halogens is 4. The van der Waals surface area contributed by atoms with E-state index in [1.165, 1.54) is 25.3 Å². The zero-order chi connectivity index (χ0) is 24.6. The Kier molecular flexibility index (Phi) is 6.83. The molecule has 6 nitrogen and oxygen atoms in total. The van der Waals surface area contributed by atoms with Crippen LogP contribution in [0.4, 0.5) is 0 Å². The maximum atomic E-state index is 12.7. The number of rotatable bonds is 4. The summed E-state index contributed by atoms with van der Waals surface area (Å²) in [7, 11) is 1.42. The molecule has 10 heteroatoms. The number of hydrogen-bond donors (Lipinski definition) is 1. The molecule has 0 bridgehead atoms. The average molecular weight is 536 g/mol. The normalized spacial score (nSPS) is 14.6. The highest BCUT2D eigenvalue weighted by Crippen LogP contribution is 2.45. The maximum absolute atomic E-state index is 12.7. The molecule has 0 aromatic heterocycles. The maximum Gasteiger partial charge on any atom is 0.343 e. The molecule has 0 saturated carbocycles. The molecule has 1 aliphatic heterocycles. The molecule has 0 radical (unpaired) electrons. The van der Waals surface area contributed by atoms with Gasteiger partial charge in [0.25, 0.3) is 0 Å². The quantitative estimate of drug-likeness (QED) is 0.293. The number of nitrogens with two attached hydrogens (primary N) is 1. The summed E-state index contributed by atoms with van der Waals surface area (Å²) in [6.07, 6.45) is 0. The molecule has 1 heterocycles.